The van der Waals surface area contributed by atoms with Crippen molar-refractivity contribution in [3.63, 3.8) is 0 Å². The fourth-order valence-corrected chi connectivity index (χ4v) is 2.19. The minimum atomic E-state index is -1.16. The number of halogens is 1. The number of fused-ring (bicyclic) bond motifs is 1. The van der Waals surface area contributed by atoms with Crippen molar-refractivity contribution in [1.82, 2.24) is 0 Å². The van der Waals surface area contributed by atoms with E-state index >= 15 is 0 Å². The van der Waals surface area contributed by atoms with Crippen LogP contribution in [0.3, 0.4) is 0 Å². The van der Waals surface area contributed by atoms with E-state index in [0.717, 1.165) is 17.0 Å². The van der Waals surface area contributed by atoms with Gasteiger partial charge < -0.3 is 9.52 Å². The van der Waals surface area contributed by atoms with Crippen LogP contribution in [0, 0.1) is 12.7 Å². The van der Waals surface area contributed by atoms with Gasteiger partial charge in [-0.3, -0.25) is 0 Å². The van der Waals surface area contributed by atoms with Crippen LogP contribution in [0.5, 0.6) is 0 Å². The van der Waals surface area contributed by atoms with E-state index < -0.39 is 11.8 Å². The molecule has 0 fully saturated rings. The van der Waals surface area contributed by atoms with Crippen molar-refractivity contribution in [3.05, 3.63) is 59.4 Å². The number of benzene rings is 2. The van der Waals surface area contributed by atoms with Crippen molar-refractivity contribution >= 4 is 16.9 Å². The Morgan fingerprint density at radius 2 is 2.00 bits per heavy atom. The summed E-state index contributed by atoms with van der Waals surface area (Å²) in [4.78, 5) is 10.8. The lowest BCUT2D eigenvalue weighted by molar-refractivity contribution is 0.0696. The monoisotopic (exact) mass is 270 g/mol. The molecule has 0 radical (unpaired) electrons. The van der Waals surface area contributed by atoms with Gasteiger partial charge in [-0.1, -0.05) is 18.2 Å². The second kappa shape index (κ2) is 4.49. The summed E-state index contributed by atoms with van der Waals surface area (Å²) >= 11 is 0. The second-order valence-electron chi connectivity index (χ2n) is 4.60. The summed E-state index contributed by atoms with van der Waals surface area (Å²) in [7, 11) is 0. The van der Waals surface area contributed by atoms with Crippen LogP contribution in [0.4, 0.5) is 4.39 Å². The molecule has 0 aliphatic rings. The number of furan rings is 1. The summed E-state index contributed by atoms with van der Waals surface area (Å²) in [5, 5.41) is 9.72. The van der Waals surface area contributed by atoms with Crippen LogP contribution in [-0.4, -0.2) is 11.1 Å². The molecule has 20 heavy (non-hydrogen) atoms. The van der Waals surface area contributed by atoms with Gasteiger partial charge in [0, 0.05) is 5.39 Å². The Hall–Kier alpha value is -2.62. The van der Waals surface area contributed by atoms with Crippen LogP contribution in [0.15, 0.2) is 46.9 Å². The minimum absolute atomic E-state index is 0.0847. The molecule has 0 spiro atoms. The number of para-hydroxylation sites is 1. The number of carboxylic acid groups (broad SMARTS) is 1. The molecule has 3 rings (SSSR count). The van der Waals surface area contributed by atoms with E-state index in [1.165, 1.54) is 12.1 Å². The minimum Gasteiger partial charge on any atom is -0.478 e. The number of hydrogen-bond donors (Lipinski definition) is 1. The third-order valence-corrected chi connectivity index (χ3v) is 3.22. The first kappa shape index (κ1) is 12.4. The van der Waals surface area contributed by atoms with Gasteiger partial charge in [0.2, 0.25) is 0 Å². The van der Waals surface area contributed by atoms with E-state index in [4.69, 9.17) is 9.52 Å². The van der Waals surface area contributed by atoms with Crippen molar-refractivity contribution in [3.8, 4) is 11.3 Å². The van der Waals surface area contributed by atoms with E-state index in [0.29, 0.717) is 11.3 Å². The molecule has 1 N–H and O–H groups in total. The molecule has 0 atom stereocenters. The van der Waals surface area contributed by atoms with Gasteiger partial charge in [-0.15, -0.1) is 0 Å². The van der Waals surface area contributed by atoms with Crippen molar-refractivity contribution in [1.29, 1.82) is 0 Å². The van der Waals surface area contributed by atoms with Crippen molar-refractivity contribution in [2.75, 3.05) is 0 Å². The fourth-order valence-electron chi connectivity index (χ4n) is 2.19. The molecule has 4 heteroatoms. The molecule has 0 unspecified atom stereocenters. The number of rotatable bonds is 2. The molecule has 1 heterocycles. The lowest BCUT2D eigenvalue weighted by atomic mass is 10.1. The van der Waals surface area contributed by atoms with Gasteiger partial charge in [0.05, 0.1) is 11.1 Å². The van der Waals surface area contributed by atoms with Gasteiger partial charge in [0.15, 0.2) is 0 Å². The van der Waals surface area contributed by atoms with E-state index in [1.807, 2.05) is 25.1 Å². The quantitative estimate of drug-likeness (QED) is 0.757. The standard InChI is InChI=1S/C16H11FO3/c1-9-3-2-4-10-8-14(20-15(9)10)12-6-5-11(16(18)19)7-13(12)17/h2-8H,1H3,(H,18,19). The average molecular weight is 270 g/mol. The highest BCUT2D eigenvalue weighted by Crippen LogP contribution is 2.31. The number of carboxylic acids is 1. The smallest absolute Gasteiger partial charge is 0.335 e. The molecule has 3 nitrogen and oxygen atoms in total. The Morgan fingerprint density at radius 3 is 2.65 bits per heavy atom. The summed E-state index contributed by atoms with van der Waals surface area (Å²) < 4.78 is 19.7. The molecule has 0 amide bonds. The normalized spacial score (nSPS) is 10.9. The van der Waals surface area contributed by atoms with E-state index in [-0.39, 0.29) is 11.1 Å². The summed E-state index contributed by atoms with van der Waals surface area (Å²) in [5.41, 5.74) is 1.85. The predicted molar refractivity (Wildman–Crippen MR) is 73.3 cm³/mol. The Labute approximate surface area is 114 Å². The first-order valence-electron chi connectivity index (χ1n) is 6.08. The SMILES string of the molecule is Cc1cccc2cc(-c3ccc(C(=O)O)cc3F)oc12. The second-order valence-corrected chi connectivity index (χ2v) is 4.60. The van der Waals surface area contributed by atoms with Crippen LogP contribution in [0.2, 0.25) is 0 Å². The third-order valence-electron chi connectivity index (χ3n) is 3.22. The largest absolute Gasteiger partial charge is 0.478 e. The summed E-state index contributed by atoms with van der Waals surface area (Å²) in [6.45, 7) is 1.92. The lowest BCUT2D eigenvalue weighted by Crippen LogP contribution is -1.97. The maximum absolute atomic E-state index is 14.0. The molecule has 2 aromatic carbocycles. The Bertz CT molecular complexity index is 818. The van der Waals surface area contributed by atoms with Crippen LogP contribution in [-0.2, 0) is 0 Å². The van der Waals surface area contributed by atoms with Gasteiger partial charge >= 0.3 is 5.97 Å². The van der Waals surface area contributed by atoms with Crippen LogP contribution in [0.25, 0.3) is 22.3 Å². The van der Waals surface area contributed by atoms with Gasteiger partial charge in [-0.2, -0.15) is 0 Å². The highest BCUT2D eigenvalue weighted by Gasteiger charge is 2.14. The molecule has 3 aromatic rings. The van der Waals surface area contributed by atoms with Crippen LogP contribution < -0.4 is 0 Å². The first-order chi connectivity index (χ1) is 9.56. The highest BCUT2D eigenvalue weighted by atomic mass is 19.1. The molecule has 0 aliphatic carbocycles. The number of carbonyl (C=O) groups is 1. The highest BCUT2D eigenvalue weighted by molar-refractivity contribution is 5.89. The molecule has 100 valence electrons. The van der Waals surface area contributed by atoms with Crippen LogP contribution in [0.1, 0.15) is 15.9 Å². The summed E-state index contributed by atoms with van der Waals surface area (Å²) in [6, 6.07) is 11.2. The number of aromatic carboxylic acids is 1. The Kier molecular flexibility index (Phi) is 2.79. The fraction of sp³-hybridized carbons (Fsp3) is 0.0625. The van der Waals surface area contributed by atoms with E-state index in [9.17, 15) is 9.18 Å². The Balaban J connectivity index is 2.16. The maximum atomic E-state index is 14.0. The lowest BCUT2D eigenvalue weighted by Gasteiger charge is -2.01. The number of aryl methyl sites for hydroxylation is 1. The molecular formula is C16H11FO3. The van der Waals surface area contributed by atoms with Gasteiger partial charge in [0.1, 0.15) is 17.2 Å². The predicted octanol–water partition coefficient (Wildman–Crippen LogP) is 4.25. The molecule has 0 saturated carbocycles. The molecule has 0 saturated heterocycles. The van der Waals surface area contributed by atoms with E-state index in [1.54, 1.807) is 6.07 Å². The van der Waals surface area contributed by atoms with Crippen molar-refractivity contribution in [2.45, 2.75) is 6.92 Å². The van der Waals surface area contributed by atoms with Gasteiger partial charge in [-0.05, 0) is 36.8 Å². The maximum Gasteiger partial charge on any atom is 0.335 e. The first-order valence-corrected chi connectivity index (χ1v) is 6.08. The molecule has 0 aliphatic heterocycles. The van der Waals surface area contributed by atoms with Crippen molar-refractivity contribution in [2.24, 2.45) is 0 Å². The van der Waals surface area contributed by atoms with Gasteiger partial charge in [-0.25, -0.2) is 9.18 Å². The summed E-state index contributed by atoms with van der Waals surface area (Å²) in [6.07, 6.45) is 0. The average Bonchev–Trinajstić information content (AvgIpc) is 2.83. The van der Waals surface area contributed by atoms with Crippen molar-refractivity contribution < 1.29 is 18.7 Å². The van der Waals surface area contributed by atoms with E-state index in [2.05, 4.69) is 0 Å². The Morgan fingerprint density at radius 1 is 1.20 bits per heavy atom. The zero-order chi connectivity index (χ0) is 14.3. The number of hydrogen-bond acceptors (Lipinski definition) is 2. The molecule has 0 bridgehead atoms. The third kappa shape index (κ3) is 1.95. The molecular weight excluding hydrogens is 259 g/mol. The zero-order valence-corrected chi connectivity index (χ0v) is 10.7. The van der Waals surface area contributed by atoms with Gasteiger partial charge in [0.25, 0.3) is 0 Å². The molecule has 1 aromatic heterocycles. The topological polar surface area (TPSA) is 50.4 Å². The summed E-state index contributed by atoms with van der Waals surface area (Å²) in [5.74, 6) is -1.37. The zero-order valence-electron chi connectivity index (χ0n) is 10.7. The van der Waals surface area contributed by atoms with Crippen LogP contribution >= 0.6 is 0 Å².